The van der Waals surface area contributed by atoms with E-state index in [4.69, 9.17) is 9.47 Å². The Morgan fingerprint density at radius 2 is 1.56 bits per heavy atom. The van der Waals surface area contributed by atoms with Crippen LogP contribution in [-0.4, -0.2) is 17.7 Å². The van der Waals surface area contributed by atoms with Gasteiger partial charge in [0.15, 0.2) is 0 Å². The van der Waals surface area contributed by atoms with Crippen molar-refractivity contribution in [2.75, 3.05) is 0 Å². The van der Waals surface area contributed by atoms with E-state index in [0.717, 1.165) is 11.1 Å². The van der Waals surface area contributed by atoms with Crippen molar-refractivity contribution >= 4 is 12.1 Å². The summed E-state index contributed by atoms with van der Waals surface area (Å²) in [7, 11) is 0. The highest BCUT2D eigenvalue weighted by Crippen LogP contribution is 2.13. The molecule has 0 heterocycles. The first kappa shape index (κ1) is 18.5. The van der Waals surface area contributed by atoms with Crippen molar-refractivity contribution in [2.45, 2.75) is 39.5 Å². The van der Waals surface area contributed by atoms with E-state index in [-0.39, 0.29) is 12.6 Å². The average molecular weight is 341 g/mol. The molecule has 5 heteroatoms. The van der Waals surface area contributed by atoms with Crippen LogP contribution in [0.15, 0.2) is 54.6 Å². The molecular formula is C20H23NO4. The van der Waals surface area contributed by atoms with Gasteiger partial charge in [-0.05, 0) is 44.0 Å². The van der Waals surface area contributed by atoms with Crippen molar-refractivity contribution in [3.8, 4) is 0 Å². The zero-order valence-electron chi connectivity index (χ0n) is 14.7. The molecule has 0 aliphatic carbocycles. The molecule has 0 unspecified atom stereocenters. The summed E-state index contributed by atoms with van der Waals surface area (Å²) in [4.78, 5) is 23.7. The van der Waals surface area contributed by atoms with Crippen LogP contribution in [0.25, 0.3) is 0 Å². The van der Waals surface area contributed by atoms with Crippen LogP contribution in [0.4, 0.5) is 4.79 Å². The second kappa shape index (κ2) is 8.33. The average Bonchev–Trinajstić information content (AvgIpc) is 2.58. The highest BCUT2D eigenvalue weighted by Gasteiger charge is 2.17. The fourth-order valence-electron chi connectivity index (χ4n) is 2.04. The zero-order chi connectivity index (χ0) is 18.3. The predicted molar refractivity (Wildman–Crippen MR) is 95.1 cm³/mol. The maximum Gasteiger partial charge on any atom is 0.407 e. The van der Waals surface area contributed by atoms with Crippen LogP contribution < -0.4 is 5.32 Å². The number of rotatable bonds is 5. The summed E-state index contributed by atoms with van der Waals surface area (Å²) in [6.45, 7) is 6.02. The first-order valence-corrected chi connectivity index (χ1v) is 8.10. The van der Waals surface area contributed by atoms with E-state index in [1.807, 2.05) is 51.1 Å². The third-order valence-corrected chi connectivity index (χ3v) is 3.24. The highest BCUT2D eigenvalue weighted by molar-refractivity contribution is 5.89. The number of hydrogen-bond acceptors (Lipinski definition) is 4. The molecule has 0 saturated heterocycles. The number of esters is 1. The number of carbonyl (C=O) groups is 2. The molecule has 132 valence electrons. The van der Waals surface area contributed by atoms with Crippen LogP contribution in [0.1, 0.15) is 42.3 Å². The zero-order valence-corrected chi connectivity index (χ0v) is 14.7. The number of benzene rings is 2. The van der Waals surface area contributed by atoms with Crippen LogP contribution in [-0.2, 0) is 22.6 Å². The summed E-state index contributed by atoms with van der Waals surface area (Å²) in [5.74, 6) is -0.366. The lowest BCUT2D eigenvalue weighted by molar-refractivity contribution is 0.00694. The Hall–Kier alpha value is -2.82. The summed E-state index contributed by atoms with van der Waals surface area (Å²) in [6.07, 6.45) is -0.486. The summed E-state index contributed by atoms with van der Waals surface area (Å²) in [5, 5.41) is 2.68. The van der Waals surface area contributed by atoms with Gasteiger partial charge in [-0.3, -0.25) is 0 Å². The summed E-state index contributed by atoms with van der Waals surface area (Å²) in [5.41, 5.74) is 1.74. The van der Waals surface area contributed by atoms with Crippen LogP contribution in [0.3, 0.4) is 0 Å². The topological polar surface area (TPSA) is 64.6 Å². The second-order valence-corrected chi connectivity index (χ2v) is 6.61. The quantitative estimate of drug-likeness (QED) is 0.833. The van der Waals surface area contributed by atoms with Crippen molar-refractivity contribution in [1.29, 1.82) is 0 Å². The Morgan fingerprint density at radius 3 is 2.16 bits per heavy atom. The van der Waals surface area contributed by atoms with E-state index in [1.165, 1.54) is 0 Å². The second-order valence-electron chi connectivity index (χ2n) is 6.61. The van der Waals surface area contributed by atoms with E-state index in [1.54, 1.807) is 24.3 Å². The number of carbonyl (C=O) groups excluding carboxylic acids is 2. The first-order chi connectivity index (χ1) is 11.8. The van der Waals surface area contributed by atoms with Crippen molar-refractivity contribution in [1.82, 2.24) is 5.32 Å². The molecule has 0 aromatic heterocycles. The van der Waals surface area contributed by atoms with Gasteiger partial charge in [-0.2, -0.15) is 0 Å². The predicted octanol–water partition coefficient (Wildman–Crippen LogP) is 4.07. The van der Waals surface area contributed by atoms with Gasteiger partial charge in [0.2, 0.25) is 0 Å². The maximum atomic E-state index is 11.9. The Balaban J connectivity index is 1.79. The summed E-state index contributed by atoms with van der Waals surface area (Å²) >= 11 is 0. The van der Waals surface area contributed by atoms with Gasteiger partial charge in [0.05, 0.1) is 5.56 Å². The van der Waals surface area contributed by atoms with E-state index in [9.17, 15) is 9.59 Å². The molecule has 5 nitrogen and oxygen atoms in total. The lowest BCUT2D eigenvalue weighted by atomic mass is 10.1. The van der Waals surface area contributed by atoms with Crippen LogP contribution in [0, 0.1) is 0 Å². The molecule has 0 aliphatic rings. The third kappa shape index (κ3) is 6.67. The van der Waals surface area contributed by atoms with Crippen molar-refractivity contribution in [3.05, 3.63) is 71.3 Å². The van der Waals surface area contributed by atoms with Crippen LogP contribution >= 0.6 is 0 Å². The van der Waals surface area contributed by atoms with Gasteiger partial charge in [-0.15, -0.1) is 0 Å². The molecule has 0 aliphatic heterocycles. The molecule has 0 bridgehead atoms. The minimum atomic E-state index is -0.528. The standard InChI is InChI=1S/C20H23NO4/c1-20(2,3)25-18(22)17-11-9-15(10-12-17)13-21-19(23)24-14-16-7-5-4-6-8-16/h4-12H,13-14H2,1-3H3,(H,21,23). The smallest absolute Gasteiger partial charge is 0.407 e. The van der Waals surface area contributed by atoms with Crippen molar-refractivity contribution in [2.24, 2.45) is 0 Å². The monoisotopic (exact) mass is 341 g/mol. The Labute approximate surface area is 148 Å². The maximum absolute atomic E-state index is 11.9. The molecule has 1 N–H and O–H groups in total. The molecule has 25 heavy (non-hydrogen) atoms. The van der Waals surface area contributed by atoms with Gasteiger partial charge < -0.3 is 14.8 Å². The number of hydrogen-bond donors (Lipinski definition) is 1. The van der Waals surface area contributed by atoms with E-state index >= 15 is 0 Å². The number of ether oxygens (including phenoxy) is 2. The van der Waals surface area contributed by atoms with Crippen LogP contribution in [0.5, 0.6) is 0 Å². The molecule has 2 aromatic carbocycles. The van der Waals surface area contributed by atoms with Crippen molar-refractivity contribution < 1.29 is 19.1 Å². The van der Waals surface area contributed by atoms with Gasteiger partial charge in [0.1, 0.15) is 12.2 Å². The molecule has 0 spiro atoms. The SMILES string of the molecule is CC(C)(C)OC(=O)c1ccc(CNC(=O)OCc2ccccc2)cc1. The van der Waals surface area contributed by atoms with Gasteiger partial charge in [0, 0.05) is 6.54 Å². The Morgan fingerprint density at radius 1 is 0.920 bits per heavy atom. The summed E-state index contributed by atoms with van der Waals surface area (Å²) < 4.78 is 10.4. The normalized spacial score (nSPS) is 10.8. The number of amides is 1. The molecule has 0 saturated carbocycles. The highest BCUT2D eigenvalue weighted by atomic mass is 16.6. The van der Waals surface area contributed by atoms with Crippen LogP contribution in [0.2, 0.25) is 0 Å². The largest absolute Gasteiger partial charge is 0.456 e. The minimum absolute atomic E-state index is 0.226. The molecule has 0 fully saturated rings. The molecule has 2 aromatic rings. The Bertz CT molecular complexity index is 703. The fraction of sp³-hybridized carbons (Fsp3) is 0.300. The lowest BCUT2D eigenvalue weighted by Gasteiger charge is -2.19. The van der Waals surface area contributed by atoms with Gasteiger partial charge in [-0.25, -0.2) is 9.59 Å². The fourth-order valence-corrected chi connectivity index (χ4v) is 2.04. The van der Waals surface area contributed by atoms with Gasteiger partial charge in [-0.1, -0.05) is 42.5 Å². The van der Waals surface area contributed by atoms with Gasteiger partial charge in [0.25, 0.3) is 0 Å². The Kier molecular flexibility index (Phi) is 6.17. The third-order valence-electron chi connectivity index (χ3n) is 3.24. The molecule has 0 atom stereocenters. The minimum Gasteiger partial charge on any atom is -0.456 e. The lowest BCUT2D eigenvalue weighted by Crippen LogP contribution is -2.24. The molecular weight excluding hydrogens is 318 g/mol. The van der Waals surface area contributed by atoms with E-state index < -0.39 is 11.7 Å². The molecule has 0 radical (unpaired) electrons. The number of alkyl carbamates (subject to hydrolysis) is 1. The molecule has 1 amide bonds. The van der Waals surface area contributed by atoms with E-state index in [0.29, 0.717) is 12.1 Å². The van der Waals surface area contributed by atoms with Gasteiger partial charge >= 0.3 is 12.1 Å². The molecule has 2 rings (SSSR count). The van der Waals surface area contributed by atoms with Crippen molar-refractivity contribution in [3.63, 3.8) is 0 Å². The van der Waals surface area contributed by atoms with E-state index in [2.05, 4.69) is 5.32 Å². The first-order valence-electron chi connectivity index (χ1n) is 8.10. The summed E-state index contributed by atoms with van der Waals surface area (Å²) in [6, 6.07) is 16.4. The number of nitrogens with one attached hydrogen (secondary N) is 1.